The van der Waals surface area contributed by atoms with Gasteiger partial charge in [-0.05, 0) is 25.6 Å². The van der Waals surface area contributed by atoms with Crippen LogP contribution in [0.3, 0.4) is 0 Å². The summed E-state index contributed by atoms with van der Waals surface area (Å²) < 4.78 is 4.99. The summed E-state index contributed by atoms with van der Waals surface area (Å²) in [7, 11) is 3.81. The zero-order chi connectivity index (χ0) is 9.94. The van der Waals surface area contributed by atoms with Crippen LogP contribution in [0.5, 0.6) is 0 Å². The predicted molar refractivity (Wildman–Crippen MR) is 61.6 cm³/mol. The van der Waals surface area contributed by atoms with Crippen molar-refractivity contribution in [3.8, 4) is 0 Å². The topological polar surface area (TPSA) is 21.3 Å². The molecule has 0 amide bonds. The van der Waals surface area contributed by atoms with E-state index in [-0.39, 0.29) is 0 Å². The molecule has 0 aromatic heterocycles. The summed E-state index contributed by atoms with van der Waals surface area (Å²) in [6, 6.07) is 0.692. The van der Waals surface area contributed by atoms with E-state index in [1.807, 2.05) is 11.8 Å². The Labute approximate surface area is 86.8 Å². The lowest BCUT2D eigenvalue weighted by Gasteiger charge is -2.14. The smallest absolute Gasteiger partial charge is 0.0470 e. The van der Waals surface area contributed by atoms with Crippen molar-refractivity contribution in [2.24, 2.45) is 0 Å². The number of hydrogen-bond donors (Lipinski definition) is 1. The van der Waals surface area contributed by atoms with E-state index < -0.39 is 0 Å². The number of rotatable bonds is 9. The van der Waals surface area contributed by atoms with E-state index in [9.17, 15) is 0 Å². The average molecular weight is 205 g/mol. The van der Waals surface area contributed by atoms with Crippen LogP contribution in [0.4, 0.5) is 0 Å². The molecule has 0 aromatic rings. The highest BCUT2D eigenvalue weighted by Crippen LogP contribution is 2.08. The van der Waals surface area contributed by atoms with Crippen molar-refractivity contribution >= 4 is 11.8 Å². The van der Waals surface area contributed by atoms with Crippen LogP contribution in [0, 0.1) is 0 Å². The lowest BCUT2D eigenvalue weighted by molar-refractivity contribution is 0.200. The molecule has 13 heavy (non-hydrogen) atoms. The largest absolute Gasteiger partial charge is 0.385 e. The molecule has 0 aliphatic rings. The third-order valence-corrected chi connectivity index (χ3v) is 3.22. The van der Waals surface area contributed by atoms with Gasteiger partial charge in [0.05, 0.1) is 0 Å². The monoisotopic (exact) mass is 205 g/mol. The molecular formula is C10H23NOS. The van der Waals surface area contributed by atoms with Gasteiger partial charge in [-0.2, -0.15) is 11.8 Å². The maximum absolute atomic E-state index is 4.99. The second-order valence-corrected chi connectivity index (χ2v) is 4.35. The molecule has 0 saturated carbocycles. The summed E-state index contributed by atoms with van der Waals surface area (Å²) in [6.45, 7) is 3.13. The van der Waals surface area contributed by atoms with Crippen LogP contribution in [0.15, 0.2) is 0 Å². The molecule has 0 radical (unpaired) electrons. The van der Waals surface area contributed by atoms with E-state index in [4.69, 9.17) is 4.74 Å². The highest BCUT2D eigenvalue weighted by atomic mass is 32.2. The first-order valence-corrected chi connectivity index (χ1v) is 6.24. The molecule has 0 aromatic carbocycles. The first kappa shape index (κ1) is 13.3. The predicted octanol–water partition coefficient (Wildman–Crippen LogP) is 2.14. The van der Waals surface area contributed by atoms with Gasteiger partial charge in [-0.15, -0.1) is 0 Å². The molecule has 3 heteroatoms. The minimum Gasteiger partial charge on any atom is -0.385 e. The zero-order valence-corrected chi connectivity index (χ0v) is 9.95. The molecule has 0 heterocycles. The molecule has 80 valence electrons. The summed E-state index contributed by atoms with van der Waals surface area (Å²) in [5, 5.41) is 3.34. The Balaban J connectivity index is 3.17. The van der Waals surface area contributed by atoms with E-state index in [0.29, 0.717) is 6.04 Å². The fourth-order valence-electron chi connectivity index (χ4n) is 1.19. The van der Waals surface area contributed by atoms with Gasteiger partial charge in [0.2, 0.25) is 0 Å². The van der Waals surface area contributed by atoms with Crippen molar-refractivity contribution in [2.75, 3.05) is 32.3 Å². The Morgan fingerprint density at radius 3 is 2.77 bits per heavy atom. The van der Waals surface area contributed by atoms with E-state index in [2.05, 4.69) is 19.3 Å². The van der Waals surface area contributed by atoms with Crippen molar-refractivity contribution in [3.05, 3.63) is 0 Å². The number of ether oxygens (including phenoxy) is 1. The van der Waals surface area contributed by atoms with Crippen LogP contribution in [-0.4, -0.2) is 38.3 Å². The summed E-state index contributed by atoms with van der Waals surface area (Å²) in [6.07, 6.45) is 3.72. The van der Waals surface area contributed by atoms with Gasteiger partial charge in [0.15, 0.2) is 0 Å². The summed E-state index contributed by atoms with van der Waals surface area (Å²) in [5.41, 5.74) is 0. The summed E-state index contributed by atoms with van der Waals surface area (Å²) >= 11 is 2.02. The van der Waals surface area contributed by atoms with E-state index in [1.54, 1.807) is 7.11 Å². The first-order valence-electron chi connectivity index (χ1n) is 5.09. The van der Waals surface area contributed by atoms with Gasteiger partial charge in [0, 0.05) is 25.5 Å². The fraction of sp³-hybridized carbons (Fsp3) is 1.00. The minimum atomic E-state index is 0.692. The van der Waals surface area contributed by atoms with Gasteiger partial charge in [0.1, 0.15) is 0 Å². The molecule has 0 rings (SSSR count). The maximum Gasteiger partial charge on any atom is 0.0470 e. The number of thioether (sulfide) groups is 1. The van der Waals surface area contributed by atoms with Gasteiger partial charge in [-0.1, -0.05) is 13.3 Å². The van der Waals surface area contributed by atoms with Crippen LogP contribution in [-0.2, 0) is 4.74 Å². The fourth-order valence-corrected chi connectivity index (χ4v) is 2.30. The van der Waals surface area contributed by atoms with Crippen LogP contribution in [0.25, 0.3) is 0 Å². The molecule has 0 aliphatic heterocycles. The molecule has 2 nitrogen and oxygen atoms in total. The molecule has 1 atom stereocenters. The van der Waals surface area contributed by atoms with Crippen molar-refractivity contribution in [1.29, 1.82) is 0 Å². The molecule has 0 spiro atoms. The zero-order valence-electron chi connectivity index (χ0n) is 9.14. The molecule has 0 saturated heterocycles. The van der Waals surface area contributed by atoms with Crippen molar-refractivity contribution in [1.82, 2.24) is 5.32 Å². The second kappa shape index (κ2) is 10.4. The lowest BCUT2D eigenvalue weighted by atomic mass is 10.2. The molecule has 0 aliphatic carbocycles. The minimum absolute atomic E-state index is 0.692. The quantitative estimate of drug-likeness (QED) is 0.583. The van der Waals surface area contributed by atoms with Gasteiger partial charge in [0.25, 0.3) is 0 Å². The van der Waals surface area contributed by atoms with Gasteiger partial charge in [-0.25, -0.2) is 0 Å². The van der Waals surface area contributed by atoms with E-state index in [0.717, 1.165) is 6.61 Å². The van der Waals surface area contributed by atoms with Crippen molar-refractivity contribution in [2.45, 2.75) is 32.2 Å². The highest BCUT2D eigenvalue weighted by Gasteiger charge is 2.03. The Kier molecular flexibility index (Phi) is 10.6. The van der Waals surface area contributed by atoms with Gasteiger partial charge >= 0.3 is 0 Å². The molecule has 1 N–H and O–H groups in total. The van der Waals surface area contributed by atoms with Crippen LogP contribution >= 0.6 is 11.8 Å². The highest BCUT2D eigenvalue weighted by molar-refractivity contribution is 7.99. The van der Waals surface area contributed by atoms with Gasteiger partial charge < -0.3 is 10.1 Å². The van der Waals surface area contributed by atoms with Gasteiger partial charge in [-0.3, -0.25) is 0 Å². The van der Waals surface area contributed by atoms with E-state index >= 15 is 0 Å². The Morgan fingerprint density at radius 2 is 2.23 bits per heavy atom. The number of hydrogen-bond acceptors (Lipinski definition) is 3. The maximum atomic E-state index is 4.99. The molecule has 1 unspecified atom stereocenters. The van der Waals surface area contributed by atoms with Crippen LogP contribution in [0.2, 0.25) is 0 Å². The van der Waals surface area contributed by atoms with Crippen LogP contribution < -0.4 is 5.32 Å². The summed E-state index contributed by atoms with van der Waals surface area (Å²) in [4.78, 5) is 0. The van der Waals surface area contributed by atoms with E-state index in [1.165, 1.54) is 30.8 Å². The number of nitrogens with one attached hydrogen (secondary N) is 1. The first-order chi connectivity index (χ1) is 6.35. The molecule has 0 fully saturated rings. The number of methoxy groups -OCH3 is 1. The standard InChI is InChI=1S/C10H23NOS/c1-4-6-10(11-2)9-13-8-5-7-12-3/h10-11H,4-9H2,1-3H3. The Morgan fingerprint density at radius 1 is 1.46 bits per heavy atom. The lowest BCUT2D eigenvalue weighted by Crippen LogP contribution is -2.27. The SMILES string of the molecule is CCCC(CSCCCOC)NC. The molecule has 0 bridgehead atoms. The third-order valence-electron chi connectivity index (χ3n) is 2.00. The Hall–Kier alpha value is 0.270. The second-order valence-electron chi connectivity index (χ2n) is 3.20. The third kappa shape index (κ3) is 8.60. The van der Waals surface area contributed by atoms with Crippen molar-refractivity contribution in [3.63, 3.8) is 0 Å². The average Bonchev–Trinajstić information content (AvgIpc) is 2.16. The summed E-state index contributed by atoms with van der Waals surface area (Å²) in [5.74, 6) is 2.45. The van der Waals surface area contributed by atoms with Crippen LogP contribution in [0.1, 0.15) is 26.2 Å². The molecular weight excluding hydrogens is 182 g/mol. The van der Waals surface area contributed by atoms with Crippen molar-refractivity contribution < 1.29 is 4.74 Å². The Bertz CT molecular complexity index is 101. The normalized spacial score (nSPS) is 13.2.